The van der Waals surface area contributed by atoms with Gasteiger partial charge in [-0.1, -0.05) is 219 Å². The molecule has 6 aliphatic heterocycles. The van der Waals surface area contributed by atoms with Gasteiger partial charge in [0.15, 0.2) is 37.7 Å². The maximum absolute atomic E-state index is 13.6. The average Bonchev–Trinajstić information content (AvgIpc) is 0.771. The van der Waals surface area contributed by atoms with Crippen LogP contribution in [0.2, 0.25) is 0 Å². The van der Waals surface area contributed by atoms with E-state index in [4.69, 9.17) is 56.8 Å². The molecule has 36 nitrogen and oxygen atoms in total. The van der Waals surface area contributed by atoms with Crippen LogP contribution in [0.4, 0.5) is 0 Å². The number of allylic oxidation sites excluding steroid dienone is 1. The molecular formula is C82H149N3O33. The molecule has 0 aromatic heterocycles. The Hall–Kier alpha value is -3.05. The lowest BCUT2D eigenvalue weighted by atomic mass is 9.94. The summed E-state index contributed by atoms with van der Waals surface area (Å²) in [6, 6.07) is -4.48. The number of carbonyl (C=O) groups excluding carboxylic acids is 3. The first-order valence-corrected chi connectivity index (χ1v) is 44.0. The van der Waals surface area contributed by atoms with Crippen LogP contribution in [0.1, 0.15) is 246 Å². The number of hydrogen-bond donors (Lipinski definition) is 21. The molecule has 6 fully saturated rings. The minimum Gasteiger partial charge on any atom is -0.394 e. The molecule has 6 heterocycles. The smallest absolute Gasteiger partial charge is 0.220 e. The number of amides is 3. The fourth-order valence-electron chi connectivity index (χ4n) is 16.1. The van der Waals surface area contributed by atoms with Gasteiger partial charge < -0.3 is 165 Å². The van der Waals surface area contributed by atoms with Crippen molar-refractivity contribution >= 4 is 17.7 Å². The summed E-state index contributed by atoms with van der Waals surface area (Å²) in [5, 5.41) is 208. The second kappa shape index (κ2) is 56.8. The van der Waals surface area contributed by atoms with Crippen LogP contribution in [0, 0.1) is 0 Å². The van der Waals surface area contributed by atoms with Crippen molar-refractivity contribution in [3.8, 4) is 0 Å². The van der Waals surface area contributed by atoms with Crippen molar-refractivity contribution in [2.75, 3.05) is 46.2 Å². The molecule has 0 aliphatic carbocycles. The van der Waals surface area contributed by atoms with E-state index in [1.807, 2.05) is 6.08 Å². The number of aliphatic hydroxyl groups is 18. The first-order valence-electron chi connectivity index (χ1n) is 44.0. The van der Waals surface area contributed by atoms with Gasteiger partial charge in [-0.05, 0) is 19.3 Å². The summed E-state index contributed by atoms with van der Waals surface area (Å²) in [5.74, 6) is -1.98. The van der Waals surface area contributed by atoms with Crippen LogP contribution in [0.25, 0.3) is 0 Å². The molecule has 36 heteroatoms. The zero-order valence-corrected chi connectivity index (χ0v) is 69.8. The lowest BCUT2D eigenvalue weighted by molar-refractivity contribution is -0.390. The number of rotatable bonds is 58. The molecule has 21 N–H and O–H groups in total. The third-order valence-corrected chi connectivity index (χ3v) is 23.2. The van der Waals surface area contributed by atoms with Gasteiger partial charge in [0, 0.05) is 20.3 Å². The SMILES string of the molecule is CCCCCCCCCCCCC/C=C/[C@@H](O)[C@H](CO[C@@H]1OC(CO)[C@@H](O[C@@H]2OC(CO)[C@H](O[C@@H]3OC(CO)[C@H](O)[C@H](O[C@@H]4OC(CO[C@@H]5OC(CO)[C@@H](O)[C@H](O)C5NC(C)=O)[C@H](O)[C@H](O[C@@H]5OC(CO)[C@H](O)[C@H](O)C5O)C4NC(C)=O)C3O)[C@H](O)C2O)[C@H](O)C1O)NC(=O)CCCCCCCCCCCCCCCCCCCCCCC. The molecule has 0 saturated carbocycles. The van der Waals surface area contributed by atoms with Gasteiger partial charge in [-0.2, -0.15) is 0 Å². The van der Waals surface area contributed by atoms with E-state index in [9.17, 15) is 106 Å². The zero-order chi connectivity index (χ0) is 86.2. The van der Waals surface area contributed by atoms with Gasteiger partial charge in [0.2, 0.25) is 17.7 Å². The van der Waals surface area contributed by atoms with Crippen molar-refractivity contribution in [1.29, 1.82) is 0 Å². The number of aliphatic hydroxyl groups excluding tert-OH is 18. The van der Waals surface area contributed by atoms with E-state index in [1.54, 1.807) is 6.08 Å². The van der Waals surface area contributed by atoms with Gasteiger partial charge >= 0.3 is 0 Å². The third kappa shape index (κ3) is 33.1. The van der Waals surface area contributed by atoms with E-state index in [0.717, 1.165) is 65.2 Å². The Balaban J connectivity index is 1.08. The summed E-state index contributed by atoms with van der Waals surface area (Å²) in [4.78, 5) is 39.0. The summed E-state index contributed by atoms with van der Waals surface area (Å²) in [7, 11) is 0. The van der Waals surface area contributed by atoms with Crippen molar-refractivity contribution in [1.82, 2.24) is 16.0 Å². The average molecular weight is 1710 g/mol. The Morgan fingerprint density at radius 2 is 0.686 bits per heavy atom. The second-order valence-corrected chi connectivity index (χ2v) is 32.8. The molecule has 0 bridgehead atoms. The Labute approximate surface area is 694 Å². The van der Waals surface area contributed by atoms with E-state index in [0.29, 0.717) is 12.8 Å². The standard InChI is InChI=1S/C82H149N3O33/c1-5-7-9-11-13-15-17-19-20-21-22-23-24-25-26-28-30-32-34-36-38-40-58(94)85-50(51(93)39-37-35-33-31-29-27-18-16-14-12-10-8-6-2)46-107-79-70(104)67(101)73(55(44-89)112-79)115-81-71(105)68(102)74(56(45-90)113-81)116-82-72(106)76(63(97)54(43-88)111-82)118-78-60(84-49(4)92)75(117-80-69(103)66(100)62(96)53(42-87)110-80)64(98)57(114-78)47-108-77-59(83-48(3)91)65(99)61(95)52(41-86)109-77/h37,39,50-57,59-82,86-90,93,95-106H,5-36,38,40-47H2,1-4H3,(H,83,91)(H,84,92)(H,85,94)/b39-37+/t50-,51+,52?,53?,54?,55?,56?,57?,59?,60?,61+,62-,63-,64-,65+,66-,67+,68+,69?,70?,71?,72?,73+,74-,75+,76-,77+,78-,79+,80-,81-,82-/m0/s1. The van der Waals surface area contributed by atoms with E-state index in [-0.39, 0.29) is 12.3 Å². The van der Waals surface area contributed by atoms with Crippen LogP contribution in [-0.2, 0) is 71.2 Å². The number of hydrogen-bond acceptors (Lipinski definition) is 33. The first-order chi connectivity index (χ1) is 56.8. The molecule has 690 valence electrons. The molecule has 6 rings (SSSR count). The largest absolute Gasteiger partial charge is 0.394 e. The molecule has 0 radical (unpaired) electrons. The van der Waals surface area contributed by atoms with E-state index < -0.39 is 254 Å². The molecular weight excluding hydrogens is 1550 g/mol. The minimum atomic E-state index is -2.31. The van der Waals surface area contributed by atoms with Gasteiger partial charge in [-0.15, -0.1) is 0 Å². The van der Waals surface area contributed by atoms with Crippen LogP contribution >= 0.6 is 0 Å². The predicted molar refractivity (Wildman–Crippen MR) is 421 cm³/mol. The number of carbonyl (C=O) groups is 3. The Kier molecular flexibility index (Phi) is 50.0. The van der Waals surface area contributed by atoms with E-state index in [1.165, 1.54) is 148 Å². The summed E-state index contributed by atoms with van der Waals surface area (Å²) >= 11 is 0. The van der Waals surface area contributed by atoms with Gasteiger partial charge in [-0.3, -0.25) is 14.4 Å². The highest BCUT2D eigenvalue weighted by Crippen LogP contribution is 2.38. The molecule has 3 amide bonds. The second-order valence-electron chi connectivity index (χ2n) is 32.8. The van der Waals surface area contributed by atoms with Crippen LogP contribution < -0.4 is 16.0 Å². The topological polar surface area (TPSA) is 562 Å². The minimum absolute atomic E-state index is 0.178. The van der Waals surface area contributed by atoms with Crippen LogP contribution in [0.3, 0.4) is 0 Å². The van der Waals surface area contributed by atoms with Crippen molar-refractivity contribution in [2.24, 2.45) is 0 Å². The van der Waals surface area contributed by atoms with E-state index in [2.05, 4.69) is 29.8 Å². The highest BCUT2D eigenvalue weighted by molar-refractivity contribution is 5.76. The lowest BCUT2D eigenvalue weighted by Crippen LogP contribution is -2.70. The maximum atomic E-state index is 13.6. The Morgan fingerprint density at radius 3 is 1.14 bits per heavy atom. The van der Waals surface area contributed by atoms with Crippen LogP contribution in [0.15, 0.2) is 12.2 Å². The molecule has 0 aromatic carbocycles. The molecule has 0 spiro atoms. The highest BCUT2D eigenvalue weighted by Gasteiger charge is 2.58. The van der Waals surface area contributed by atoms with Crippen LogP contribution in [0.5, 0.6) is 0 Å². The monoisotopic (exact) mass is 1700 g/mol. The van der Waals surface area contributed by atoms with Crippen molar-refractivity contribution in [2.45, 2.75) is 442 Å². The van der Waals surface area contributed by atoms with Gasteiger partial charge in [0.05, 0.1) is 58.4 Å². The van der Waals surface area contributed by atoms with E-state index >= 15 is 0 Å². The Morgan fingerprint density at radius 1 is 0.339 bits per heavy atom. The van der Waals surface area contributed by atoms with Gasteiger partial charge in [-0.25, -0.2) is 0 Å². The summed E-state index contributed by atoms with van der Waals surface area (Å²) in [6.07, 6.45) is -12.8. The van der Waals surface area contributed by atoms with Crippen LogP contribution in [-0.4, -0.2) is 352 Å². The number of ether oxygens (including phenoxy) is 12. The van der Waals surface area contributed by atoms with Crippen molar-refractivity contribution in [3.05, 3.63) is 12.2 Å². The van der Waals surface area contributed by atoms with Crippen molar-refractivity contribution < 1.29 is 163 Å². The zero-order valence-electron chi connectivity index (χ0n) is 69.8. The lowest BCUT2D eigenvalue weighted by Gasteiger charge is -2.50. The third-order valence-electron chi connectivity index (χ3n) is 23.2. The molecule has 6 saturated heterocycles. The summed E-state index contributed by atoms with van der Waals surface area (Å²) < 4.78 is 71.2. The fourth-order valence-corrected chi connectivity index (χ4v) is 16.1. The summed E-state index contributed by atoms with van der Waals surface area (Å²) in [6.45, 7) is 0.301. The van der Waals surface area contributed by atoms with Gasteiger partial charge in [0.25, 0.3) is 0 Å². The molecule has 6 aliphatic rings. The first kappa shape index (κ1) is 104. The molecule has 0 aromatic rings. The molecule has 118 heavy (non-hydrogen) atoms. The number of unbranched alkanes of at least 4 members (excludes halogenated alkanes) is 31. The maximum Gasteiger partial charge on any atom is 0.220 e. The van der Waals surface area contributed by atoms with Gasteiger partial charge in [0.1, 0.15) is 146 Å². The quantitative estimate of drug-likeness (QED) is 0.0280. The number of nitrogens with one attached hydrogen (secondary N) is 3. The predicted octanol–water partition coefficient (Wildman–Crippen LogP) is -0.0834. The molecule has 12 unspecified atom stereocenters. The molecule has 32 atom stereocenters. The highest BCUT2D eigenvalue weighted by atomic mass is 16.8. The summed E-state index contributed by atoms with van der Waals surface area (Å²) in [5.41, 5.74) is 0. The normalized spacial score (nSPS) is 35.9. The Bertz CT molecular complexity index is 2710. The van der Waals surface area contributed by atoms with Crippen molar-refractivity contribution in [3.63, 3.8) is 0 Å². The fraction of sp³-hybridized carbons (Fsp3) is 0.939.